The molecule has 0 atom stereocenters. The first-order valence-corrected chi connectivity index (χ1v) is 8.86. The Hall–Kier alpha value is -2.57. The quantitative estimate of drug-likeness (QED) is 0.483. The van der Waals surface area contributed by atoms with E-state index in [4.69, 9.17) is 21.1 Å². The first-order chi connectivity index (χ1) is 12.2. The van der Waals surface area contributed by atoms with E-state index in [1.54, 1.807) is 18.4 Å². The van der Waals surface area contributed by atoms with Gasteiger partial charge in [0.15, 0.2) is 0 Å². The number of amides is 1. The number of carbonyl (C=O) groups excluding carboxylic acids is 1. The first-order valence-electron chi connectivity index (χ1n) is 7.64. The molecule has 0 saturated carbocycles. The molecule has 25 heavy (non-hydrogen) atoms. The van der Waals surface area contributed by atoms with E-state index in [2.05, 4.69) is 0 Å². The lowest BCUT2D eigenvalue weighted by Crippen LogP contribution is -2.27. The van der Waals surface area contributed by atoms with Crippen LogP contribution in [0.25, 0.3) is 17.4 Å². The molecule has 0 unspecified atom stereocenters. The summed E-state index contributed by atoms with van der Waals surface area (Å²) in [7, 11) is 0. The molecular weight excluding hydrogens is 354 g/mol. The first kappa shape index (κ1) is 15.9. The van der Waals surface area contributed by atoms with E-state index in [0.29, 0.717) is 27.3 Å². The van der Waals surface area contributed by atoms with Crippen molar-refractivity contribution in [2.45, 2.75) is 6.54 Å². The van der Waals surface area contributed by atoms with Crippen molar-refractivity contribution in [3.63, 3.8) is 0 Å². The van der Waals surface area contributed by atoms with Crippen LogP contribution in [0.4, 0.5) is 0 Å². The van der Waals surface area contributed by atoms with Gasteiger partial charge in [0.2, 0.25) is 0 Å². The van der Waals surface area contributed by atoms with E-state index < -0.39 is 0 Å². The largest absolute Gasteiger partial charge is 0.467 e. The van der Waals surface area contributed by atoms with Crippen LogP contribution in [-0.2, 0) is 11.3 Å². The van der Waals surface area contributed by atoms with E-state index in [1.807, 2.05) is 48.5 Å². The number of thiocarbonyl (C=S) groups is 1. The molecule has 2 aromatic heterocycles. The molecule has 0 radical (unpaired) electrons. The molecular formula is C19H13NO3S2. The predicted octanol–water partition coefficient (Wildman–Crippen LogP) is 4.94. The number of thioether (sulfide) groups is 1. The molecule has 6 heteroatoms. The van der Waals surface area contributed by atoms with Crippen molar-refractivity contribution in [1.82, 2.24) is 4.90 Å². The van der Waals surface area contributed by atoms with E-state index >= 15 is 0 Å². The Morgan fingerprint density at radius 2 is 1.92 bits per heavy atom. The highest BCUT2D eigenvalue weighted by Crippen LogP contribution is 2.34. The van der Waals surface area contributed by atoms with Crippen LogP contribution in [0.5, 0.6) is 0 Å². The fourth-order valence-corrected chi connectivity index (χ4v) is 3.75. The van der Waals surface area contributed by atoms with Crippen LogP contribution < -0.4 is 0 Å². The minimum Gasteiger partial charge on any atom is -0.467 e. The Labute approximate surface area is 154 Å². The zero-order valence-corrected chi connectivity index (χ0v) is 14.7. The Morgan fingerprint density at radius 1 is 1.08 bits per heavy atom. The molecule has 0 aliphatic carbocycles. The summed E-state index contributed by atoms with van der Waals surface area (Å²) in [6, 6.07) is 17.2. The Kier molecular flexibility index (Phi) is 4.29. The normalized spacial score (nSPS) is 16.2. The molecule has 124 valence electrons. The van der Waals surface area contributed by atoms with Crippen molar-refractivity contribution in [1.29, 1.82) is 0 Å². The minimum absolute atomic E-state index is 0.135. The van der Waals surface area contributed by atoms with E-state index in [9.17, 15) is 4.79 Å². The van der Waals surface area contributed by atoms with Gasteiger partial charge in [0.25, 0.3) is 5.91 Å². The van der Waals surface area contributed by atoms with Crippen molar-refractivity contribution < 1.29 is 13.6 Å². The number of carbonyl (C=O) groups is 1. The van der Waals surface area contributed by atoms with Crippen LogP contribution in [0.2, 0.25) is 0 Å². The Bertz CT molecular complexity index is 942. The molecule has 0 spiro atoms. The average molecular weight is 367 g/mol. The molecule has 1 aliphatic rings. The molecule has 0 bridgehead atoms. The van der Waals surface area contributed by atoms with E-state index in [0.717, 1.165) is 11.3 Å². The van der Waals surface area contributed by atoms with Gasteiger partial charge in [-0.1, -0.05) is 54.3 Å². The van der Waals surface area contributed by atoms with Crippen LogP contribution in [-0.4, -0.2) is 15.1 Å². The Morgan fingerprint density at radius 3 is 2.68 bits per heavy atom. The Balaban J connectivity index is 1.55. The number of hydrogen-bond donors (Lipinski definition) is 0. The monoisotopic (exact) mass is 367 g/mol. The third-order valence-electron chi connectivity index (χ3n) is 3.73. The summed E-state index contributed by atoms with van der Waals surface area (Å²) in [6.07, 6.45) is 3.31. The van der Waals surface area contributed by atoms with Gasteiger partial charge in [0.05, 0.1) is 17.7 Å². The smallest absolute Gasteiger partial charge is 0.266 e. The second-order valence-electron chi connectivity index (χ2n) is 5.42. The lowest BCUT2D eigenvalue weighted by atomic mass is 10.2. The maximum Gasteiger partial charge on any atom is 0.266 e. The van der Waals surface area contributed by atoms with E-state index in [-0.39, 0.29) is 5.91 Å². The van der Waals surface area contributed by atoms with Crippen molar-refractivity contribution in [3.8, 4) is 11.3 Å². The zero-order valence-electron chi connectivity index (χ0n) is 13.0. The number of nitrogens with zero attached hydrogens (tertiary/aromatic N) is 1. The number of hydrogen-bond acceptors (Lipinski definition) is 5. The lowest BCUT2D eigenvalue weighted by Gasteiger charge is -2.11. The molecule has 4 rings (SSSR count). The highest BCUT2D eigenvalue weighted by Gasteiger charge is 2.32. The average Bonchev–Trinajstić information content (AvgIpc) is 3.35. The number of furan rings is 2. The number of rotatable bonds is 4. The standard InChI is InChI=1S/C19H13NO3S2/c21-18-17(25-19(24)20(18)12-15-7-4-10-22-15)11-14-8-9-16(23-14)13-5-2-1-3-6-13/h1-11H,12H2. The highest BCUT2D eigenvalue weighted by atomic mass is 32.2. The van der Waals surface area contributed by atoms with Gasteiger partial charge in [0.1, 0.15) is 21.6 Å². The fraction of sp³-hybridized carbons (Fsp3) is 0.0526. The van der Waals surface area contributed by atoms with Crippen molar-refractivity contribution >= 4 is 40.3 Å². The summed E-state index contributed by atoms with van der Waals surface area (Å²) in [5.41, 5.74) is 0.993. The van der Waals surface area contributed by atoms with Gasteiger partial charge in [-0.05, 0) is 24.3 Å². The van der Waals surface area contributed by atoms with Crippen LogP contribution in [0.3, 0.4) is 0 Å². The SMILES string of the molecule is O=C1C(=Cc2ccc(-c3ccccc3)o2)SC(=S)N1Cc1ccco1. The molecule has 1 saturated heterocycles. The predicted molar refractivity (Wildman–Crippen MR) is 102 cm³/mol. The summed E-state index contributed by atoms with van der Waals surface area (Å²) in [4.78, 5) is 14.7. The highest BCUT2D eigenvalue weighted by molar-refractivity contribution is 8.26. The maximum atomic E-state index is 12.6. The van der Waals surface area contributed by atoms with Crippen molar-refractivity contribution in [2.75, 3.05) is 0 Å². The third kappa shape index (κ3) is 3.31. The van der Waals surface area contributed by atoms with Crippen molar-refractivity contribution in [3.05, 3.63) is 77.3 Å². The van der Waals surface area contributed by atoms with Crippen LogP contribution >= 0.6 is 24.0 Å². The summed E-state index contributed by atoms with van der Waals surface area (Å²) in [5.74, 6) is 1.95. The topological polar surface area (TPSA) is 46.6 Å². The number of benzene rings is 1. The van der Waals surface area contributed by atoms with Gasteiger partial charge in [0, 0.05) is 11.6 Å². The summed E-state index contributed by atoms with van der Waals surface area (Å²) in [5, 5.41) is 0. The van der Waals surface area contributed by atoms with Gasteiger partial charge in [-0.15, -0.1) is 0 Å². The second kappa shape index (κ2) is 6.74. The summed E-state index contributed by atoms with van der Waals surface area (Å²) in [6.45, 7) is 0.336. The van der Waals surface area contributed by atoms with Crippen LogP contribution in [0.1, 0.15) is 11.5 Å². The summed E-state index contributed by atoms with van der Waals surface area (Å²) >= 11 is 6.59. The molecule has 1 aliphatic heterocycles. The molecule has 3 aromatic rings. The molecule has 1 aromatic carbocycles. The molecule has 4 nitrogen and oxygen atoms in total. The van der Waals surface area contributed by atoms with Gasteiger partial charge >= 0.3 is 0 Å². The van der Waals surface area contributed by atoms with Gasteiger partial charge in [-0.3, -0.25) is 9.69 Å². The van der Waals surface area contributed by atoms with Crippen LogP contribution in [0, 0.1) is 0 Å². The molecule has 1 amide bonds. The van der Waals surface area contributed by atoms with E-state index in [1.165, 1.54) is 16.7 Å². The molecule has 3 heterocycles. The zero-order chi connectivity index (χ0) is 17.2. The van der Waals surface area contributed by atoms with Gasteiger partial charge in [-0.2, -0.15) is 0 Å². The maximum absolute atomic E-state index is 12.6. The van der Waals surface area contributed by atoms with Gasteiger partial charge in [-0.25, -0.2) is 0 Å². The second-order valence-corrected chi connectivity index (χ2v) is 7.09. The van der Waals surface area contributed by atoms with Gasteiger partial charge < -0.3 is 8.83 Å². The summed E-state index contributed by atoms with van der Waals surface area (Å²) < 4.78 is 11.6. The molecule has 1 fully saturated rings. The minimum atomic E-state index is -0.135. The molecule has 0 N–H and O–H groups in total. The van der Waals surface area contributed by atoms with Crippen molar-refractivity contribution in [2.24, 2.45) is 0 Å². The lowest BCUT2D eigenvalue weighted by molar-refractivity contribution is -0.122. The fourth-order valence-electron chi connectivity index (χ4n) is 2.51. The third-order valence-corrected chi connectivity index (χ3v) is 5.10. The van der Waals surface area contributed by atoms with Crippen LogP contribution in [0.15, 0.2) is 74.6 Å².